The van der Waals surface area contributed by atoms with Crippen LogP contribution < -0.4 is 9.47 Å². The van der Waals surface area contributed by atoms with E-state index in [-0.39, 0.29) is 23.1 Å². The van der Waals surface area contributed by atoms with Crippen molar-refractivity contribution >= 4 is 40.9 Å². The van der Waals surface area contributed by atoms with Gasteiger partial charge >= 0.3 is 5.97 Å². The third kappa shape index (κ3) is 4.93. The van der Waals surface area contributed by atoms with Crippen LogP contribution in [0.4, 0.5) is 4.79 Å². The van der Waals surface area contributed by atoms with E-state index in [1.807, 2.05) is 24.3 Å². The molecule has 3 amide bonds. The van der Waals surface area contributed by atoms with Crippen LogP contribution in [0.5, 0.6) is 11.5 Å². The molecule has 0 unspecified atom stereocenters. The minimum absolute atomic E-state index is 0.207. The van der Waals surface area contributed by atoms with Gasteiger partial charge in [0.05, 0.1) is 12.0 Å². The summed E-state index contributed by atoms with van der Waals surface area (Å²) in [6.45, 7) is 2.01. The number of methoxy groups -OCH3 is 1. The molecule has 0 N–H and O–H groups in total. The Morgan fingerprint density at radius 1 is 1.09 bits per heavy atom. The molecule has 0 aromatic heterocycles. The zero-order chi connectivity index (χ0) is 23.5. The fraction of sp³-hybridized carbons (Fsp3) is 0.250. The van der Waals surface area contributed by atoms with Crippen LogP contribution in [0.15, 0.2) is 47.4 Å². The van der Waals surface area contributed by atoms with Gasteiger partial charge in [0, 0.05) is 20.0 Å². The summed E-state index contributed by atoms with van der Waals surface area (Å²) in [4.78, 5) is 52.2. The lowest BCUT2D eigenvalue weighted by atomic mass is 10.00. The molecule has 0 aliphatic carbocycles. The molecule has 0 radical (unpaired) electrons. The van der Waals surface area contributed by atoms with Crippen LogP contribution in [-0.4, -0.2) is 53.0 Å². The van der Waals surface area contributed by atoms with Crippen LogP contribution in [0.25, 0.3) is 6.08 Å². The van der Waals surface area contributed by atoms with Crippen molar-refractivity contribution in [3.8, 4) is 11.5 Å². The van der Waals surface area contributed by atoms with Crippen molar-refractivity contribution in [2.45, 2.75) is 19.9 Å². The van der Waals surface area contributed by atoms with Gasteiger partial charge in [0.25, 0.3) is 11.1 Å². The van der Waals surface area contributed by atoms with Gasteiger partial charge in [-0.1, -0.05) is 30.3 Å². The van der Waals surface area contributed by atoms with Crippen LogP contribution >= 0.6 is 11.8 Å². The van der Waals surface area contributed by atoms with E-state index in [9.17, 15) is 19.2 Å². The maximum absolute atomic E-state index is 12.8. The molecule has 8 nitrogen and oxygen atoms in total. The summed E-state index contributed by atoms with van der Waals surface area (Å²) in [6, 6.07) is 12.7. The number of rotatable bonds is 5. The summed E-state index contributed by atoms with van der Waals surface area (Å²) in [5.41, 5.74) is 2.88. The number of imide groups is 1. The molecule has 2 aliphatic heterocycles. The van der Waals surface area contributed by atoms with Crippen LogP contribution in [0, 0.1) is 0 Å². The molecule has 33 heavy (non-hydrogen) atoms. The number of nitrogens with zero attached hydrogens (tertiary/aromatic N) is 2. The number of fused-ring (bicyclic) bond motifs is 1. The number of carbonyl (C=O) groups is 4. The second kappa shape index (κ2) is 9.50. The molecule has 2 aromatic rings. The first-order chi connectivity index (χ1) is 15.9. The fourth-order valence-electron chi connectivity index (χ4n) is 3.74. The first kappa shape index (κ1) is 22.6. The largest absolute Gasteiger partial charge is 0.493 e. The highest BCUT2D eigenvalue weighted by Gasteiger charge is 2.37. The molecular weight excluding hydrogens is 444 g/mol. The van der Waals surface area contributed by atoms with E-state index in [1.165, 1.54) is 19.6 Å². The Balaban J connectivity index is 1.46. The van der Waals surface area contributed by atoms with Gasteiger partial charge in [0.15, 0.2) is 11.5 Å². The SMILES string of the molecule is COc1cc(/C=C2\SC(=O)N(CC(=O)N3CCc4ccccc4C3)C2=O)ccc1OC(C)=O. The Bertz CT molecular complexity index is 1180. The van der Waals surface area contributed by atoms with E-state index in [2.05, 4.69) is 0 Å². The fourth-order valence-corrected chi connectivity index (χ4v) is 4.58. The minimum atomic E-state index is -0.515. The van der Waals surface area contributed by atoms with Gasteiger partial charge in [-0.05, 0) is 53.1 Å². The number of hydrogen-bond donors (Lipinski definition) is 0. The van der Waals surface area contributed by atoms with Crippen molar-refractivity contribution in [1.82, 2.24) is 9.80 Å². The first-order valence-electron chi connectivity index (χ1n) is 10.3. The summed E-state index contributed by atoms with van der Waals surface area (Å²) in [7, 11) is 1.44. The number of esters is 1. The highest BCUT2D eigenvalue weighted by molar-refractivity contribution is 8.18. The minimum Gasteiger partial charge on any atom is -0.493 e. The molecule has 2 heterocycles. The molecule has 1 fully saturated rings. The summed E-state index contributed by atoms with van der Waals surface area (Å²) in [5.74, 6) is -0.689. The molecule has 0 saturated carbocycles. The summed E-state index contributed by atoms with van der Waals surface area (Å²) < 4.78 is 10.3. The van der Waals surface area contributed by atoms with Crippen LogP contribution in [0.2, 0.25) is 0 Å². The summed E-state index contributed by atoms with van der Waals surface area (Å²) in [6.07, 6.45) is 2.29. The van der Waals surface area contributed by atoms with E-state index < -0.39 is 17.1 Å². The summed E-state index contributed by atoms with van der Waals surface area (Å²) in [5, 5.41) is -0.486. The zero-order valence-electron chi connectivity index (χ0n) is 18.2. The van der Waals surface area contributed by atoms with E-state index in [0.29, 0.717) is 24.4 Å². The molecule has 0 spiro atoms. The Morgan fingerprint density at radius 3 is 2.58 bits per heavy atom. The maximum Gasteiger partial charge on any atom is 0.308 e. The van der Waals surface area contributed by atoms with Gasteiger partial charge in [-0.25, -0.2) is 0 Å². The monoisotopic (exact) mass is 466 g/mol. The van der Waals surface area contributed by atoms with E-state index in [1.54, 1.807) is 29.2 Å². The summed E-state index contributed by atoms with van der Waals surface area (Å²) >= 11 is 0.784. The van der Waals surface area contributed by atoms with E-state index in [0.717, 1.165) is 28.6 Å². The van der Waals surface area contributed by atoms with Crippen LogP contribution in [-0.2, 0) is 27.3 Å². The quantitative estimate of drug-likeness (QED) is 0.379. The van der Waals surface area contributed by atoms with Crippen molar-refractivity contribution in [3.63, 3.8) is 0 Å². The topological polar surface area (TPSA) is 93.2 Å². The van der Waals surface area contributed by atoms with Gasteiger partial charge in [-0.15, -0.1) is 0 Å². The first-order valence-corrected chi connectivity index (χ1v) is 11.1. The number of benzene rings is 2. The molecule has 170 valence electrons. The normalized spacial score (nSPS) is 16.7. The third-order valence-electron chi connectivity index (χ3n) is 5.39. The molecule has 2 aromatic carbocycles. The molecular formula is C24H22N2O6S. The highest BCUT2D eigenvalue weighted by Crippen LogP contribution is 2.34. The number of carbonyl (C=O) groups excluding carboxylic acids is 4. The Kier molecular flexibility index (Phi) is 6.50. The number of thioether (sulfide) groups is 1. The third-order valence-corrected chi connectivity index (χ3v) is 6.30. The van der Waals surface area contributed by atoms with Gasteiger partial charge in [0.2, 0.25) is 5.91 Å². The predicted octanol–water partition coefficient (Wildman–Crippen LogP) is 3.24. The van der Waals surface area contributed by atoms with Crippen molar-refractivity contribution in [2.75, 3.05) is 20.2 Å². The Labute approximate surface area is 195 Å². The van der Waals surface area contributed by atoms with E-state index >= 15 is 0 Å². The van der Waals surface area contributed by atoms with Crippen molar-refractivity contribution in [2.24, 2.45) is 0 Å². The van der Waals surface area contributed by atoms with Crippen molar-refractivity contribution in [3.05, 3.63) is 64.1 Å². The van der Waals surface area contributed by atoms with Crippen molar-refractivity contribution < 1.29 is 28.7 Å². The standard InChI is InChI=1S/C24H22N2O6S/c1-15(27)32-19-8-7-16(11-20(19)31-2)12-21-23(29)26(24(30)33-21)14-22(28)25-10-9-17-5-3-4-6-18(17)13-25/h3-8,11-12H,9-10,13-14H2,1-2H3/b21-12-. The molecule has 9 heteroatoms. The van der Waals surface area contributed by atoms with E-state index in [4.69, 9.17) is 9.47 Å². The van der Waals surface area contributed by atoms with Gasteiger partial charge in [-0.2, -0.15) is 0 Å². The lowest BCUT2D eigenvalue weighted by Gasteiger charge is -2.29. The molecule has 0 atom stereocenters. The number of ether oxygens (including phenoxy) is 2. The zero-order valence-corrected chi connectivity index (χ0v) is 19.0. The second-order valence-electron chi connectivity index (χ2n) is 7.61. The highest BCUT2D eigenvalue weighted by atomic mass is 32.2. The number of hydrogen-bond acceptors (Lipinski definition) is 7. The Hall–Kier alpha value is -3.59. The molecule has 0 bridgehead atoms. The lowest BCUT2D eigenvalue weighted by Crippen LogP contribution is -2.44. The average Bonchev–Trinajstić information content (AvgIpc) is 3.06. The second-order valence-corrected chi connectivity index (χ2v) is 8.60. The average molecular weight is 467 g/mol. The number of amides is 3. The molecule has 1 saturated heterocycles. The smallest absolute Gasteiger partial charge is 0.308 e. The van der Waals surface area contributed by atoms with Gasteiger partial charge in [-0.3, -0.25) is 24.1 Å². The molecule has 4 rings (SSSR count). The maximum atomic E-state index is 12.8. The van der Waals surface area contributed by atoms with Gasteiger partial charge < -0.3 is 14.4 Å². The van der Waals surface area contributed by atoms with Crippen molar-refractivity contribution in [1.29, 1.82) is 0 Å². The van der Waals surface area contributed by atoms with Gasteiger partial charge in [0.1, 0.15) is 6.54 Å². The van der Waals surface area contributed by atoms with Crippen LogP contribution in [0.1, 0.15) is 23.6 Å². The predicted molar refractivity (Wildman–Crippen MR) is 123 cm³/mol. The Morgan fingerprint density at radius 2 is 1.85 bits per heavy atom. The van der Waals surface area contributed by atoms with Crippen LogP contribution in [0.3, 0.4) is 0 Å². The lowest BCUT2D eigenvalue weighted by molar-refractivity contribution is -0.136. The molecule has 2 aliphatic rings.